The summed E-state index contributed by atoms with van der Waals surface area (Å²) in [7, 11) is 0. The summed E-state index contributed by atoms with van der Waals surface area (Å²) < 4.78 is 1.76. The molecule has 2 aromatic heterocycles. The average Bonchev–Trinajstić information content (AvgIpc) is 3.18. The molecule has 1 N–H and O–H groups in total. The van der Waals surface area contributed by atoms with Crippen LogP contribution in [0, 0.1) is 0 Å². The van der Waals surface area contributed by atoms with Crippen molar-refractivity contribution in [3.8, 4) is 5.69 Å². The molecule has 0 aliphatic heterocycles. The molecule has 3 aromatic rings. The Morgan fingerprint density at radius 3 is 2.79 bits per heavy atom. The highest BCUT2D eigenvalue weighted by molar-refractivity contribution is 7.14. The first-order valence-electron chi connectivity index (χ1n) is 8.33. The SMILES string of the molecule is O=C(Nc1ccn(-c2ccccc2)n1)c1cc2c(s1)CCCCC2. The molecule has 1 amide bonds. The molecule has 0 fully saturated rings. The lowest BCUT2D eigenvalue weighted by molar-refractivity contribution is 0.103. The summed E-state index contributed by atoms with van der Waals surface area (Å²) in [4.78, 5) is 14.7. The van der Waals surface area contributed by atoms with Gasteiger partial charge in [-0.3, -0.25) is 4.79 Å². The van der Waals surface area contributed by atoms with Gasteiger partial charge in [0.25, 0.3) is 5.91 Å². The van der Waals surface area contributed by atoms with E-state index in [-0.39, 0.29) is 5.91 Å². The summed E-state index contributed by atoms with van der Waals surface area (Å²) in [5, 5.41) is 7.34. The molecule has 0 radical (unpaired) electrons. The number of benzene rings is 1. The van der Waals surface area contributed by atoms with Crippen molar-refractivity contribution in [1.29, 1.82) is 0 Å². The largest absolute Gasteiger partial charge is 0.304 e. The van der Waals surface area contributed by atoms with Crippen LogP contribution in [0.3, 0.4) is 0 Å². The van der Waals surface area contributed by atoms with Crippen molar-refractivity contribution >= 4 is 23.1 Å². The van der Waals surface area contributed by atoms with E-state index in [4.69, 9.17) is 0 Å². The first-order valence-corrected chi connectivity index (χ1v) is 9.15. The number of fused-ring (bicyclic) bond motifs is 1. The molecule has 5 heteroatoms. The van der Waals surface area contributed by atoms with Gasteiger partial charge in [0.05, 0.1) is 10.6 Å². The number of nitrogens with zero attached hydrogens (tertiary/aromatic N) is 2. The van der Waals surface area contributed by atoms with E-state index in [9.17, 15) is 4.79 Å². The molecule has 1 aliphatic rings. The van der Waals surface area contributed by atoms with E-state index in [0.717, 1.165) is 23.4 Å². The summed E-state index contributed by atoms with van der Waals surface area (Å²) in [6.45, 7) is 0. The van der Waals surface area contributed by atoms with Crippen LogP contribution in [0.2, 0.25) is 0 Å². The minimum absolute atomic E-state index is 0.0635. The van der Waals surface area contributed by atoms with Gasteiger partial charge in [-0.25, -0.2) is 4.68 Å². The van der Waals surface area contributed by atoms with Gasteiger partial charge in [-0.1, -0.05) is 24.6 Å². The lowest BCUT2D eigenvalue weighted by atomic mass is 10.1. The highest BCUT2D eigenvalue weighted by atomic mass is 32.1. The zero-order chi connectivity index (χ0) is 16.4. The summed E-state index contributed by atoms with van der Waals surface area (Å²) >= 11 is 1.63. The van der Waals surface area contributed by atoms with Gasteiger partial charge in [0, 0.05) is 17.1 Å². The average molecular weight is 337 g/mol. The topological polar surface area (TPSA) is 46.9 Å². The van der Waals surface area contributed by atoms with Crippen LogP contribution in [-0.4, -0.2) is 15.7 Å². The second-order valence-electron chi connectivity index (χ2n) is 6.05. The number of hydrogen-bond donors (Lipinski definition) is 1. The molecule has 2 heterocycles. The van der Waals surface area contributed by atoms with Crippen molar-refractivity contribution < 1.29 is 4.79 Å². The van der Waals surface area contributed by atoms with Gasteiger partial charge in [0.15, 0.2) is 5.82 Å². The van der Waals surface area contributed by atoms with Crippen LogP contribution in [0.25, 0.3) is 5.69 Å². The predicted octanol–water partition coefficient (Wildman–Crippen LogP) is 4.46. The normalized spacial score (nSPS) is 14.0. The van der Waals surface area contributed by atoms with E-state index in [0.29, 0.717) is 5.82 Å². The monoisotopic (exact) mass is 337 g/mol. The van der Waals surface area contributed by atoms with Crippen LogP contribution in [0.1, 0.15) is 39.4 Å². The Bertz CT molecular complexity index is 827. The number of carbonyl (C=O) groups excluding carboxylic acids is 1. The Kier molecular flexibility index (Phi) is 4.17. The van der Waals surface area contributed by atoms with Gasteiger partial charge in [-0.05, 0) is 49.4 Å². The minimum Gasteiger partial charge on any atom is -0.304 e. The predicted molar refractivity (Wildman–Crippen MR) is 97.1 cm³/mol. The van der Waals surface area contributed by atoms with E-state index < -0.39 is 0 Å². The standard InChI is InChI=1S/C19H19N3OS/c23-19(17-13-14-7-3-1-6-10-16(14)24-17)20-18-11-12-22(21-18)15-8-4-2-5-9-15/h2,4-5,8-9,11-13H,1,3,6-7,10H2,(H,20,21,23). The van der Waals surface area contributed by atoms with Crippen molar-refractivity contribution in [2.45, 2.75) is 32.1 Å². The summed E-state index contributed by atoms with van der Waals surface area (Å²) in [5.41, 5.74) is 2.33. The molecular weight excluding hydrogens is 318 g/mol. The number of para-hydroxylation sites is 1. The van der Waals surface area contributed by atoms with Gasteiger partial charge in [-0.2, -0.15) is 5.10 Å². The maximum absolute atomic E-state index is 12.5. The van der Waals surface area contributed by atoms with Gasteiger partial charge < -0.3 is 5.32 Å². The fraction of sp³-hybridized carbons (Fsp3) is 0.263. The van der Waals surface area contributed by atoms with Crippen LogP contribution in [0.4, 0.5) is 5.82 Å². The van der Waals surface area contributed by atoms with Crippen molar-refractivity contribution in [1.82, 2.24) is 9.78 Å². The van der Waals surface area contributed by atoms with Gasteiger partial charge >= 0.3 is 0 Å². The Morgan fingerprint density at radius 1 is 1.08 bits per heavy atom. The fourth-order valence-corrected chi connectivity index (χ4v) is 4.22. The number of aromatic nitrogens is 2. The van der Waals surface area contributed by atoms with Crippen molar-refractivity contribution in [2.24, 2.45) is 0 Å². The van der Waals surface area contributed by atoms with Crippen LogP contribution >= 0.6 is 11.3 Å². The fourth-order valence-electron chi connectivity index (χ4n) is 3.07. The third kappa shape index (κ3) is 3.12. The number of amides is 1. The Labute approximate surface area is 145 Å². The zero-order valence-corrected chi connectivity index (χ0v) is 14.2. The summed E-state index contributed by atoms with van der Waals surface area (Å²) in [6.07, 6.45) is 7.81. The second-order valence-corrected chi connectivity index (χ2v) is 7.19. The third-order valence-electron chi connectivity index (χ3n) is 4.32. The quantitative estimate of drug-likeness (QED) is 0.718. The number of rotatable bonds is 3. The Hall–Kier alpha value is -2.40. The van der Waals surface area contributed by atoms with E-state index >= 15 is 0 Å². The highest BCUT2D eigenvalue weighted by Gasteiger charge is 2.17. The first kappa shape index (κ1) is 15.1. The molecule has 1 aliphatic carbocycles. The minimum atomic E-state index is -0.0635. The molecule has 1 aromatic carbocycles. The van der Waals surface area contributed by atoms with E-state index in [2.05, 4.69) is 16.5 Å². The smallest absolute Gasteiger partial charge is 0.266 e. The van der Waals surface area contributed by atoms with Gasteiger partial charge in [-0.15, -0.1) is 11.3 Å². The van der Waals surface area contributed by atoms with E-state index in [1.54, 1.807) is 16.0 Å². The molecule has 0 atom stereocenters. The van der Waals surface area contributed by atoms with Crippen LogP contribution < -0.4 is 5.32 Å². The first-order chi connectivity index (χ1) is 11.8. The van der Waals surface area contributed by atoms with Gasteiger partial charge in [0.2, 0.25) is 0 Å². The molecule has 24 heavy (non-hydrogen) atoms. The van der Waals surface area contributed by atoms with E-state index in [1.807, 2.05) is 42.6 Å². The molecule has 0 saturated heterocycles. The van der Waals surface area contributed by atoms with Gasteiger partial charge in [0.1, 0.15) is 0 Å². The summed E-state index contributed by atoms with van der Waals surface area (Å²) in [5.74, 6) is 0.513. The maximum Gasteiger partial charge on any atom is 0.266 e. The van der Waals surface area contributed by atoms with Crippen molar-refractivity contribution in [2.75, 3.05) is 5.32 Å². The third-order valence-corrected chi connectivity index (χ3v) is 5.56. The lowest BCUT2D eigenvalue weighted by Crippen LogP contribution is -2.11. The molecule has 122 valence electrons. The maximum atomic E-state index is 12.5. The second kappa shape index (κ2) is 6.61. The molecular formula is C19H19N3OS. The van der Waals surface area contributed by atoms with Crippen LogP contribution in [-0.2, 0) is 12.8 Å². The molecule has 0 spiro atoms. The number of carbonyl (C=O) groups is 1. The number of nitrogens with one attached hydrogen (secondary N) is 1. The van der Waals surface area contributed by atoms with Crippen molar-refractivity contribution in [3.63, 3.8) is 0 Å². The number of thiophene rings is 1. The zero-order valence-electron chi connectivity index (χ0n) is 13.4. The molecule has 4 nitrogen and oxygen atoms in total. The van der Waals surface area contributed by atoms with E-state index in [1.165, 1.54) is 29.7 Å². The number of anilines is 1. The molecule has 0 bridgehead atoms. The van der Waals surface area contributed by atoms with Crippen LogP contribution in [0.15, 0.2) is 48.7 Å². The molecule has 0 unspecified atom stereocenters. The molecule has 4 rings (SSSR count). The van der Waals surface area contributed by atoms with Crippen molar-refractivity contribution in [3.05, 3.63) is 64.0 Å². The Balaban J connectivity index is 1.50. The summed E-state index contributed by atoms with van der Waals surface area (Å²) in [6, 6.07) is 13.8. The molecule has 0 saturated carbocycles. The lowest BCUT2D eigenvalue weighted by Gasteiger charge is -2.01. The number of aryl methyl sites for hydroxylation is 2. The highest BCUT2D eigenvalue weighted by Crippen LogP contribution is 2.29. The van der Waals surface area contributed by atoms with Crippen LogP contribution in [0.5, 0.6) is 0 Å². The Morgan fingerprint density at radius 2 is 1.92 bits per heavy atom. The number of hydrogen-bond acceptors (Lipinski definition) is 3.